The number of nitrogens with one attached hydrogen (secondary N) is 1. The number of hydrogen-bond donors (Lipinski definition) is 1. The van der Waals surface area contributed by atoms with Crippen molar-refractivity contribution < 1.29 is 31.1 Å². The third kappa shape index (κ3) is 3.86. The van der Waals surface area contributed by atoms with Crippen LogP contribution in [0.2, 0.25) is 0 Å². The van der Waals surface area contributed by atoms with Crippen LogP contribution in [0.4, 0.5) is 18.9 Å². The molecule has 0 bridgehead atoms. The number of alkyl halides is 3. The minimum atomic E-state index is -5.50. The van der Waals surface area contributed by atoms with Gasteiger partial charge in [-0.3, -0.25) is 4.79 Å². The number of methoxy groups -OCH3 is 1. The number of thioether (sulfide) groups is 1. The van der Waals surface area contributed by atoms with Crippen LogP contribution in [-0.2, 0) is 14.6 Å². The summed E-state index contributed by atoms with van der Waals surface area (Å²) >= 11 is 1.23. The van der Waals surface area contributed by atoms with Gasteiger partial charge in [-0.1, -0.05) is 0 Å². The number of rotatable bonds is 5. The van der Waals surface area contributed by atoms with Crippen molar-refractivity contribution in [1.29, 1.82) is 0 Å². The lowest BCUT2D eigenvalue weighted by molar-refractivity contribution is -0.115. The number of sulfone groups is 1. The fourth-order valence-corrected chi connectivity index (χ4v) is 2.49. The van der Waals surface area contributed by atoms with Crippen molar-refractivity contribution in [1.82, 2.24) is 0 Å². The van der Waals surface area contributed by atoms with Gasteiger partial charge in [0.15, 0.2) is 0 Å². The lowest BCUT2D eigenvalue weighted by Crippen LogP contribution is -2.25. The Balaban J connectivity index is 3.29. The zero-order chi connectivity index (χ0) is 17.1. The molecule has 1 N–H and O–H groups in total. The SMILES string of the molecule is COc1ccc(S(=O)(=O)C(F)(F)F)cc1NC(=O)C(C)SC. The molecular weight excluding hydrogens is 343 g/mol. The second-order valence-corrected chi connectivity index (χ2v) is 7.30. The Morgan fingerprint density at radius 2 is 1.95 bits per heavy atom. The van der Waals surface area contributed by atoms with Crippen molar-refractivity contribution in [2.45, 2.75) is 22.6 Å². The summed E-state index contributed by atoms with van der Waals surface area (Å²) in [5.41, 5.74) is -5.56. The number of carbonyl (C=O) groups excluding carboxylic acids is 1. The van der Waals surface area contributed by atoms with Gasteiger partial charge in [0.1, 0.15) is 5.75 Å². The summed E-state index contributed by atoms with van der Waals surface area (Å²) in [7, 11) is -4.25. The number of carbonyl (C=O) groups is 1. The fraction of sp³-hybridized carbons (Fsp3) is 0.417. The topological polar surface area (TPSA) is 72.5 Å². The zero-order valence-electron chi connectivity index (χ0n) is 11.9. The average Bonchev–Trinajstić information content (AvgIpc) is 2.44. The summed E-state index contributed by atoms with van der Waals surface area (Å²) in [5, 5.41) is 1.89. The van der Waals surface area contributed by atoms with Crippen LogP contribution >= 0.6 is 11.8 Å². The van der Waals surface area contributed by atoms with Gasteiger partial charge in [0.25, 0.3) is 9.84 Å². The Morgan fingerprint density at radius 3 is 2.41 bits per heavy atom. The van der Waals surface area contributed by atoms with E-state index >= 15 is 0 Å². The van der Waals surface area contributed by atoms with E-state index < -0.39 is 31.4 Å². The van der Waals surface area contributed by atoms with Crippen molar-refractivity contribution in [3.8, 4) is 5.75 Å². The molecule has 0 fully saturated rings. The molecule has 10 heteroatoms. The molecule has 0 aromatic heterocycles. The number of benzene rings is 1. The average molecular weight is 357 g/mol. The van der Waals surface area contributed by atoms with E-state index in [0.29, 0.717) is 0 Å². The second kappa shape index (κ2) is 6.78. The molecule has 0 saturated carbocycles. The van der Waals surface area contributed by atoms with Crippen LogP contribution in [0, 0.1) is 0 Å². The third-order valence-corrected chi connectivity index (χ3v) is 5.17. The maximum Gasteiger partial charge on any atom is 0.501 e. The van der Waals surface area contributed by atoms with Crippen LogP contribution in [0.15, 0.2) is 23.1 Å². The number of amides is 1. The minimum absolute atomic E-state index is 0.0581. The van der Waals surface area contributed by atoms with Crippen LogP contribution in [-0.4, -0.2) is 38.4 Å². The number of halogens is 3. The highest BCUT2D eigenvalue weighted by atomic mass is 32.2. The lowest BCUT2D eigenvalue weighted by Gasteiger charge is -2.15. The van der Waals surface area contributed by atoms with E-state index in [0.717, 1.165) is 18.2 Å². The molecule has 22 heavy (non-hydrogen) atoms. The minimum Gasteiger partial charge on any atom is -0.495 e. The quantitative estimate of drug-likeness (QED) is 0.877. The predicted molar refractivity (Wildman–Crippen MR) is 77.8 cm³/mol. The van der Waals surface area contributed by atoms with Crippen LogP contribution in [0.3, 0.4) is 0 Å². The molecule has 1 amide bonds. The van der Waals surface area contributed by atoms with Crippen molar-refractivity contribution in [3.05, 3.63) is 18.2 Å². The molecule has 0 radical (unpaired) electrons. The van der Waals surface area contributed by atoms with Crippen molar-refractivity contribution in [3.63, 3.8) is 0 Å². The van der Waals surface area contributed by atoms with Gasteiger partial charge >= 0.3 is 5.51 Å². The van der Waals surface area contributed by atoms with Crippen molar-refractivity contribution >= 4 is 33.2 Å². The first-order chi connectivity index (χ1) is 10.0. The standard InChI is InChI=1S/C12H14F3NO4S2/c1-7(21-3)11(17)16-9-6-8(4-5-10(9)20-2)22(18,19)12(13,14)15/h4-7H,1-3H3,(H,16,17). The summed E-state index contributed by atoms with van der Waals surface area (Å²) in [4.78, 5) is 10.8. The van der Waals surface area contributed by atoms with Crippen molar-refractivity contribution in [2.24, 2.45) is 0 Å². The molecule has 0 aliphatic carbocycles. The zero-order valence-corrected chi connectivity index (χ0v) is 13.5. The summed E-state index contributed by atoms with van der Waals surface area (Å²) in [6.07, 6.45) is 1.69. The molecule has 0 saturated heterocycles. The van der Waals surface area contributed by atoms with E-state index in [-0.39, 0.29) is 11.4 Å². The normalized spacial score (nSPS) is 13.5. The highest BCUT2D eigenvalue weighted by Gasteiger charge is 2.47. The first-order valence-corrected chi connectivity index (χ1v) is 8.64. The number of anilines is 1. The van der Waals surface area contributed by atoms with Gasteiger partial charge in [-0.05, 0) is 31.4 Å². The van der Waals surface area contributed by atoms with Gasteiger partial charge in [-0.15, -0.1) is 0 Å². The predicted octanol–water partition coefficient (Wildman–Crippen LogP) is 2.68. The summed E-state index contributed by atoms with van der Waals surface area (Å²) in [5.74, 6) is -0.421. The molecule has 0 aliphatic heterocycles. The van der Waals surface area contributed by atoms with Crippen LogP contribution in [0.5, 0.6) is 5.75 Å². The summed E-state index contributed by atoms with van der Waals surface area (Å²) in [6, 6.07) is 2.56. The van der Waals surface area contributed by atoms with E-state index in [4.69, 9.17) is 4.74 Å². The monoisotopic (exact) mass is 357 g/mol. The molecule has 5 nitrogen and oxygen atoms in total. The maximum atomic E-state index is 12.6. The van der Waals surface area contributed by atoms with E-state index in [1.807, 2.05) is 0 Å². The molecule has 1 aromatic rings. The highest BCUT2D eigenvalue weighted by molar-refractivity contribution is 7.99. The van der Waals surface area contributed by atoms with Gasteiger partial charge in [0, 0.05) is 0 Å². The Bertz CT molecular complexity index is 659. The maximum absolute atomic E-state index is 12.6. The lowest BCUT2D eigenvalue weighted by atomic mass is 10.3. The first kappa shape index (κ1) is 18.6. The fourth-order valence-electron chi connectivity index (χ4n) is 1.43. The largest absolute Gasteiger partial charge is 0.501 e. The van der Waals surface area contributed by atoms with Gasteiger partial charge in [-0.2, -0.15) is 24.9 Å². The second-order valence-electron chi connectivity index (χ2n) is 4.18. The number of ether oxygens (including phenoxy) is 1. The molecular formula is C12H14F3NO4S2. The Morgan fingerprint density at radius 1 is 1.36 bits per heavy atom. The van der Waals surface area contributed by atoms with Crippen LogP contribution in [0.1, 0.15) is 6.92 Å². The molecule has 1 unspecified atom stereocenters. The van der Waals surface area contributed by atoms with Crippen LogP contribution < -0.4 is 10.1 Å². The Labute approximate surface area is 130 Å². The summed E-state index contributed by atoms with van der Waals surface area (Å²) in [6.45, 7) is 1.60. The highest BCUT2D eigenvalue weighted by Crippen LogP contribution is 2.34. The van der Waals surface area contributed by atoms with Gasteiger partial charge < -0.3 is 10.1 Å². The molecule has 1 aromatic carbocycles. The van der Waals surface area contributed by atoms with Gasteiger partial charge in [0.2, 0.25) is 5.91 Å². The molecule has 0 spiro atoms. The summed E-state index contributed by atoms with van der Waals surface area (Å²) < 4.78 is 65.4. The molecule has 0 heterocycles. The Kier molecular flexibility index (Phi) is 5.74. The molecule has 0 aliphatic rings. The first-order valence-electron chi connectivity index (χ1n) is 5.87. The van der Waals surface area contributed by atoms with Gasteiger partial charge in [0.05, 0.1) is 22.9 Å². The Hall–Kier alpha value is -1.42. The van der Waals surface area contributed by atoms with E-state index in [9.17, 15) is 26.4 Å². The molecule has 1 atom stereocenters. The van der Waals surface area contributed by atoms with E-state index in [2.05, 4.69) is 5.32 Å². The van der Waals surface area contributed by atoms with E-state index in [1.54, 1.807) is 13.2 Å². The van der Waals surface area contributed by atoms with Crippen LogP contribution in [0.25, 0.3) is 0 Å². The molecule has 1 rings (SSSR count). The van der Waals surface area contributed by atoms with Crippen molar-refractivity contribution in [2.75, 3.05) is 18.7 Å². The number of hydrogen-bond acceptors (Lipinski definition) is 5. The van der Waals surface area contributed by atoms with E-state index in [1.165, 1.54) is 18.9 Å². The smallest absolute Gasteiger partial charge is 0.495 e. The third-order valence-electron chi connectivity index (χ3n) is 2.77. The molecule has 124 valence electrons. The van der Waals surface area contributed by atoms with Gasteiger partial charge in [-0.25, -0.2) is 8.42 Å².